The maximum Gasteiger partial charge on any atom is 0.326 e. The SMILES string of the molecule is Cc1c(-c2nnc(Cl)c3ccccc23)c2cc(Cl)cc(F)c2n1CC(=O)OC(C)(C)C. The molecule has 0 N–H and O–H groups in total. The third-order valence-corrected chi connectivity index (χ3v) is 5.42. The van der Waals surface area contributed by atoms with Gasteiger partial charge in [0.1, 0.15) is 23.7 Å². The summed E-state index contributed by atoms with van der Waals surface area (Å²) in [6, 6.07) is 10.3. The topological polar surface area (TPSA) is 57.0 Å². The van der Waals surface area contributed by atoms with Crippen LogP contribution in [0.3, 0.4) is 0 Å². The molecule has 0 aliphatic heterocycles. The molecule has 160 valence electrons. The molecule has 4 aromatic rings. The lowest BCUT2D eigenvalue weighted by Crippen LogP contribution is -2.26. The highest BCUT2D eigenvalue weighted by Gasteiger charge is 2.25. The van der Waals surface area contributed by atoms with Crippen molar-refractivity contribution in [2.75, 3.05) is 0 Å². The van der Waals surface area contributed by atoms with Crippen LogP contribution in [-0.2, 0) is 16.1 Å². The van der Waals surface area contributed by atoms with E-state index in [1.807, 2.05) is 24.3 Å². The van der Waals surface area contributed by atoms with Crippen molar-refractivity contribution in [1.82, 2.24) is 14.8 Å². The van der Waals surface area contributed by atoms with E-state index in [4.69, 9.17) is 27.9 Å². The predicted molar refractivity (Wildman–Crippen MR) is 121 cm³/mol. The predicted octanol–water partition coefficient (Wildman–Crippen LogP) is 6.35. The summed E-state index contributed by atoms with van der Waals surface area (Å²) >= 11 is 12.4. The molecule has 0 aliphatic carbocycles. The Morgan fingerprint density at radius 3 is 2.45 bits per heavy atom. The van der Waals surface area contributed by atoms with Crippen molar-refractivity contribution >= 4 is 50.8 Å². The van der Waals surface area contributed by atoms with Gasteiger partial charge in [0.25, 0.3) is 0 Å². The summed E-state index contributed by atoms with van der Waals surface area (Å²) in [7, 11) is 0. The van der Waals surface area contributed by atoms with Gasteiger partial charge in [-0.15, -0.1) is 10.2 Å². The van der Waals surface area contributed by atoms with E-state index >= 15 is 4.39 Å². The number of carbonyl (C=O) groups excluding carboxylic acids is 1. The molecule has 31 heavy (non-hydrogen) atoms. The lowest BCUT2D eigenvalue weighted by molar-refractivity contribution is -0.155. The van der Waals surface area contributed by atoms with Gasteiger partial charge in [-0.1, -0.05) is 47.5 Å². The summed E-state index contributed by atoms with van der Waals surface area (Å²) in [6.07, 6.45) is 0. The maximum absolute atomic E-state index is 15.1. The number of fused-ring (bicyclic) bond motifs is 2. The highest BCUT2D eigenvalue weighted by molar-refractivity contribution is 6.34. The van der Waals surface area contributed by atoms with Crippen LogP contribution in [0.25, 0.3) is 32.9 Å². The fourth-order valence-electron chi connectivity index (χ4n) is 3.78. The molecule has 0 saturated carbocycles. The molecule has 2 aromatic heterocycles. The molecule has 2 aromatic carbocycles. The quantitative estimate of drug-likeness (QED) is 0.335. The molecule has 5 nitrogen and oxygen atoms in total. The van der Waals surface area contributed by atoms with Crippen molar-refractivity contribution < 1.29 is 13.9 Å². The van der Waals surface area contributed by atoms with Crippen LogP contribution in [-0.4, -0.2) is 26.3 Å². The number of ether oxygens (including phenoxy) is 1. The third kappa shape index (κ3) is 3.98. The van der Waals surface area contributed by atoms with E-state index in [0.717, 1.165) is 10.8 Å². The molecular formula is C23H20Cl2FN3O2. The van der Waals surface area contributed by atoms with Crippen molar-refractivity contribution in [3.05, 3.63) is 58.1 Å². The Kier molecular flexibility index (Phi) is 5.40. The van der Waals surface area contributed by atoms with Crippen LogP contribution in [0.4, 0.5) is 4.39 Å². The number of carbonyl (C=O) groups is 1. The molecule has 0 radical (unpaired) electrons. The summed E-state index contributed by atoms with van der Waals surface area (Å²) in [5.41, 5.74) is 1.41. The van der Waals surface area contributed by atoms with Crippen molar-refractivity contribution in [2.45, 2.75) is 39.8 Å². The Hall–Kier alpha value is -2.70. The standard InChI is InChI=1S/C23H20Cl2FN3O2/c1-12-19(20-14-7-5-6-8-15(14)22(25)28-27-20)16-9-13(24)10-17(26)21(16)29(12)11-18(30)31-23(2,3)4/h5-10H,11H2,1-4H3. The van der Waals surface area contributed by atoms with E-state index in [1.54, 1.807) is 38.3 Å². The van der Waals surface area contributed by atoms with E-state index in [0.29, 0.717) is 22.3 Å². The van der Waals surface area contributed by atoms with Gasteiger partial charge in [0, 0.05) is 32.4 Å². The van der Waals surface area contributed by atoms with Crippen molar-refractivity contribution in [3.63, 3.8) is 0 Å². The fourth-order valence-corrected chi connectivity index (χ4v) is 4.19. The average Bonchev–Trinajstić information content (AvgIpc) is 2.93. The number of halogens is 3. The molecule has 0 unspecified atom stereocenters. The van der Waals surface area contributed by atoms with Gasteiger partial charge in [-0.25, -0.2) is 4.39 Å². The lowest BCUT2D eigenvalue weighted by Gasteiger charge is -2.20. The largest absolute Gasteiger partial charge is 0.459 e. The number of aromatic nitrogens is 3. The number of nitrogens with zero attached hydrogens (tertiary/aromatic N) is 3. The van der Waals surface area contributed by atoms with Crippen molar-refractivity contribution in [3.8, 4) is 11.3 Å². The van der Waals surface area contributed by atoms with Gasteiger partial charge >= 0.3 is 5.97 Å². The zero-order chi connectivity index (χ0) is 22.5. The second-order valence-corrected chi connectivity index (χ2v) is 9.10. The van der Waals surface area contributed by atoms with Gasteiger partial charge < -0.3 is 9.30 Å². The number of rotatable bonds is 3. The van der Waals surface area contributed by atoms with E-state index in [9.17, 15) is 4.79 Å². The Balaban J connectivity index is 2.01. The van der Waals surface area contributed by atoms with E-state index in [1.165, 1.54) is 6.07 Å². The molecule has 2 heterocycles. The van der Waals surface area contributed by atoms with E-state index in [2.05, 4.69) is 10.2 Å². The fraction of sp³-hybridized carbons (Fsp3) is 0.261. The highest BCUT2D eigenvalue weighted by atomic mass is 35.5. The smallest absolute Gasteiger partial charge is 0.326 e. The number of esters is 1. The Morgan fingerprint density at radius 1 is 1.10 bits per heavy atom. The van der Waals surface area contributed by atoms with Gasteiger partial charge in [-0.2, -0.15) is 0 Å². The Labute approximate surface area is 188 Å². The Bertz CT molecular complexity index is 1340. The summed E-state index contributed by atoms with van der Waals surface area (Å²) in [5.74, 6) is -1.01. The van der Waals surface area contributed by atoms with Gasteiger partial charge in [-0.05, 0) is 39.8 Å². The first-order valence-corrected chi connectivity index (χ1v) is 10.4. The maximum atomic E-state index is 15.1. The first kappa shape index (κ1) is 21.5. The lowest BCUT2D eigenvalue weighted by atomic mass is 10.0. The highest BCUT2D eigenvalue weighted by Crippen LogP contribution is 2.40. The van der Waals surface area contributed by atoms with Crippen LogP contribution in [0.5, 0.6) is 0 Å². The molecule has 0 spiro atoms. The first-order valence-electron chi connectivity index (χ1n) is 9.68. The van der Waals surface area contributed by atoms with E-state index in [-0.39, 0.29) is 22.2 Å². The van der Waals surface area contributed by atoms with Gasteiger partial charge in [0.15, 0.2) is 5.15 Å². The molecule has 0 bridgehead atoms. The average molecular weight is 460 g/mol. The molecule has 0 saturated heterocycles. The van der Waals surface area contributed by atoms with Gasteiger partial charge in [-0.3, -0.25) is 4.79 Å². The van der Waals surface area contributed by atoms with Crippen LogP contribution in [0.15, 0.2) is 36.4 Å². The van der Waals surface area contributed by atoms with Gasteiger partial charge in [0.2, 0.25) is 0 Å². The summed E-state index contributed by atoms with van der Waals surface area (Å²) in [4.78, 5) is 12.6. The number of hydrogen-bond acceptors (Lipinski definition) is 4. The normalized spacial score (nSPS) is 12.0. The minimum absolute atomic E-state index is 0.156. The van der Waals surface area contributed by atoms with E-state index < -0.39 is 17.4 Å². The summed E-state index contributed by atoms with van der Waals surface area (Å²) in [6.45, 7) is 7.00. The van der Waals surface area contributed by atoms with Crippen LogP contribution in [0, 0.1) is 12.7 Å². The second-order valence-electron chi connectivity index (χ2n) is 8.30. The van der Waals surface area contributed by atoms with Crippen LogP contribution >= 0.6 is 23.2 Å². The molecular weight excluding hydrogens is 440 g/mol. The summed E-state index contributed by atoms with van der Waals surface area (Å²) < 4.78 is 22.1. The number of benzene rings is 2. The zero-order valence-corrected chi connectivity index (χ0v) is 19.0. The molecule has 4 rings (SSSR count). The van der Waals surface area contributed by atoms with Crippen LogP contribution < -0.4 is 0 Å². The minimum atomic E-state index is -0.656. The molecule has 0 fully saturated rings. The van der Waals surface area contributed by atoms with Crippen LogP contribution in [0.2, 0.25) is 10.2 Å². The molecule has 8 heteroatoms. The molecule has 0 atom stereocenters. The third-order valence-electron chi connectivity index (χ3n) is 4.92. The molecule has 0 aliphatic rings. The summed E-state index contributed by atoms with van der Waals surface area (Å²) in [5, 5.41) is 11.0. The number of hydrogen-bond donors (Lipinski definition) is 0. The second kappa shape index (κ2) is 7.77. The van der Waals surface area contributed by atoms with Crippen molar-refractivity contribution in [1.29, 1.82) is 0 Å². The zero-order valence-electron chi connectivity index (χ0n) is 17.5. The van der Waals surface area contributed by atoms with Crippen molar-refractivity contribution in [2.24, 2.45) is 0 Å². The monoisotopic (exact) mass is 459 g/mol. The van der Waals surface area contributed by atoms with Crippen LogP contribution in [0.1, 0.15) is 26.5 Å². The molecule has 0 amide bonds. The first-order chi connectivity index (χ1) is 14.6. The minimum Gasteiger partial charge on any atom is -0.459 e. The van der Waals surface area contributed by atoms with Gasteiger partial charge in [0.05, 0.1) is 5.52 Å². The Morgan fingerprint density at radius 2 is 1.77 bits per heavy atom.